The molecule has 0 spiro atoms. The number of hydrogen-bond acceptors (Lipinski definition) is 5. The molecule has 0 saturated carbocycles. The van der Waals surface area contributed by atoms with Crippen molar-refractivity contribution >= 4 is 18.3 Å². The molecule has 0 aliphatic rings. The van der Waals surface area contributed by atoms with Crippen molar-refractivity contribution in [2.24, 2.45) is 5.73 Å². The molecule has 0 fully saturated rings. The number of nitrogens with two attached hydrogens (primary N) is 1. The molecular weight excluding hydrogens is 335 g/mol. The van der Waals surface area contributed by atoms with Crippen LogP contribution in [-0.4, -0.2) is 28.1 Å². The monoisotopic (exact) mass is 356 g/mol. The Hall–Kier alpha value is -1.99. The Balaban J connectivity index is 0.00000288. The van der Waals surface area contributed by atoms with Crippen LogP contribution in [0.5, 0.6) is 0 Å². The van der Waals surface area contributed by atoms with Gasteiger partial charge in [-0.3, -0.25) is 4.79 Å². The number of rotatable bonds is 6. The smallest absolute Gasteiger partial charge is 0.227 e. The van der Waals surface area contributed by atoms with Crippen LogP contribution in [0.4, 0.5) is 4.39 Å². The molecule has 24 heavy (non-hydrogen) atoms. The number of aryl methyl sites for hydroxylation is 2. The Morgan fingerprint density at radius 1 is 1.42 bits per heavy atom. The highest BCUT2D eigenvalue weighted by Crippen LogP contribution is 2.19. The van der Waals surface area contributed by atoms with Crippen LogP contribution in [0, 0.1) is 12.7 Å². The topological polar surface area (TPSA) is 94.0 Å². The van der Waals surface area contributed by atoms with Crippen molar-refractivity contribution < 1.29 is 13.7 Å². The maximum absolute atomic E-state index is 13.3. The first-order valence-electron chi connectivity index (χ1n) is 7.39. The second-order valence-electron chi connectivity index (χ2n) is 6.24. The van der Waals surface area contributed by atoms with Crippen molar-refractivity contribution in [3.05, 3.63) is 35.5 Å². The highest BCUT2D eigenvalue weighted by molar-refractivity contribution is 5.85. The van der Waals surface area contributed by atoms with Crippen molar-refractivity contribution in [1.82, 2.24) is 15.5 Å². The zero-order chi connectivity index (χ0) is 17.0. The first-order chi connectivity index (χ1) is 10.7. The number of nitrogens with zero attached hydrogens (tertiary/aromatic N) is 2. The minimum atomic E-state index is -0.451. The zero-order valence-electron chi connectivity index (χ0n) is 13.9. The molecule has 132 valence electrons. The molecule has 0 aliphatic heterocycles. The van der Waals surface area contributed by atoms with E-state index in [9.17, 15) is 9.18 Å². The van der Waals surface area contributed by atoms with Gasteiger partial charge in [0, 0.05) is 30.5 Å². The Morgan fingerprint density at radius 3 is 2.75 bits per heavy atom. The van der Waals surface area contributed by atoms with E-state index in [0.29, 0.717) is 35.8 Å². The molecule has 2 aromatic rings. The molecule has 0 aliphatic carbocycles. The minimum absolute atomic E-state index is 0. The first-order valence-corrected chi connectivity index (χ1v) is 7.39. The number of aromatic nitrogens is 2. The summed E-state index contributed by atoms with van der Waals surface area (Å²) in [5.41, 5.74) is 6.53. The Morgan fingerprint density at radius 2 is 2.12 bits per heavy atom. The van der Waals surface area contributed by atoms with Crippen molar-refractivity contribution in [2.75, 3.05) is 6.54 Å². The number of nitrogens with one attached hydrogen (secondary N) is 1. The summed E-state index contributed by atoms with van der Waals surface area (Å²) in [6, 6.07) is 4.61. The van der Waals surface area contributed by atoms with E-state index in [1.807, 2.05) is 13.8 Å². The van der Waals surface area contributed by atoms with Gasteiger partial charge < -0.3 is 15.6 Å². The highest BCUT2D eigenvalue weighted by atomic mass is 35.5. The van der Waals surface area contributed by atoms with Crippen LogP contribution in [0.2, 0.25) is 0 Å². The standard InChI is InChI=1S/C16H21FN4O2.ClH/c1-10-8-11(4-5-12(10)17)15-20-14(23-21-15)7-6-13(22)19-9-16(2,3)18;/h4-5,8H,6-7,9,18H2,1-3H3,(H,19,22);1H. The van der Waals surface area contributed by atoms with Gasteiger partial charge in [-0.15, -0.1) is 12.4 Å². The molecule has 8 heteroatoms. The summed E-state index contributed by atoms with van der Waals surface area (Å²) in [7, 11) is 0. The van der Waals surface area contributed by atoms with E-state index >= 15 is 0 Å². The summed E-state index contributed by atoms with van der Waals surface area (Å²) < 4.78 is 18.4. The number of hydrogen-bond donors (Lipinski definition) is 2. The van der Waals surface area contributed by atoms with Gasteiger partial charge in [-0.1, -0.05) is 5.16 Å². The van der Waals surface area contributed by atoms with E-state index in [0.717, 1.165) is 0 Å². The SMILES string of the molecule is Cc1cc(-c2noc(CCC(=O)NCC(C)(C)N)n2)ccc1F.Cl. The molecule has 1 aromatic heterocycles. The lowest BCUT2D eigenvalue weighted by atomic mass is 10.1. The highest BCUT2D eigenvalue weighted by Gasteiger charge is 2.14. The van der Waals surface area contributed by atoms with Gasteiger partial charge in [-0.05, 0) is 44.5 Å². The fourth-order valence-corrected chi connectivity index (χ4v) is 1.89. The van der Waals surface area contributed by atoms with Crippen molar-refractivity contribution in [3.8, 4) is 11.4 Å². The predicted molar refractivity (Wildman–Crippen MR) is 91.3 cm³/mol. The normalized spacial score (nSPS) is 11.0. The Kier molecular flexibility index (Phi) is 6.86. The van der Waals surface area contributed by atoms with Gasteiger partial charge in [0.1, 0.15) is 5.82 Å². The lowest BCUT2D eigenvalue weighted by molar-refractivity contribution is -0.121. The van der Waals surface area contributed by atoms with Crippen LogP contribution < -0.4 is 11.1 Å². The molecular formula is C16H22ClFN4O2. The Labute approximate surface area is 146 Å². The van der Waals surface area contributed by atoms with E-state index in [4.69, 9.17) is 10.3 Å². The number of halogens is 2. The molecule has 1 amide bonds. The summed E-state index contributed by atoms with van der Waals surface area (Å²) in [6.45, 7) is 5.74. The van der Waals surface area contributed by atoms with Gasteiger partial charge in [0.05, 0.1) is 0 Å². The molecule has 1 heterocycles. The molecule has 2 rings (SSSR count). The van der Waals surface area contributed by atoms with Crippen molar-refractivity contribution in [2.45, 2.75) is 39.2 Å². The van der Waals surface area contributed by atoms with Crippen molar-refractivity contribution in [1.29, 1.82) is 0 Å². The lowest BCUT2D eigenvalue weighted by Crippen LogP contribution is -2.45. The number of benzene rings is 1. The minimum Gasteiger partial charge on any atom is -0.354 e. The molecule has 0 atom stereocenters. The van der Waals surface area contributed by atoms with E-state index in [-0.39, 0.29) is 30.6 Å². The number of amides is 1. The summed E-state index contributed by atoms with van der Waals surface area (Å²) in [5, 5.41) is 6.61. The van der Waals surface area contributed by atoms with E-state index in [1.54, 1.807) is 19.1 Å². The average molecular weight is 357 g/mol. The van der Waals surface area contributed by atoms with Gasteiger partial charge in [0.25, 0.3) is 0 Å². The van der Waals surface area contributed by atoms with E-state index < -0.39 is 5.54 Å². The molecule has 0 saturated heterocycles. The molecule has 3 N–H and O–H groups in total. The van der Waals surface area contributed by atoms with Gasteiger partial charge in [-0.25, -0.2) is 4.39 Å². The van der Waals surface area contributed by atoms with Crippen LogP contribution in [0.1, 0.15) is 31.7 Å². The van der Waals surface area contributed by atoms with Gasteiger partial charge in [0.2, 0.25) is 17.6 Å². The third kappa shape index (κ3) is 5.90. The van der Waals surface area contributed by atoms with Gasteiger partial charge in [-0.2, -0.15) is 4.98 Å². The molecule has 0 bridgehead atoms. The molecule has 0 unspecified atom stereocenters. The van der Waals surface area contributed by atoms with Gasteiger partial charge in [0.15, 0.2) is 0 Å². The fraction of sp³-hybridized carbons (Fsp3) is 0.438. The van der Waals surface area contributed by atoms with E-state index in [2.05, 4.69) is 15.5 Å². The van der Waals surface area contributed by atoms with Crippen molar-refractivity contribution in [3.63, 3.8) is 0 Å². The predicted octanol–water partition coefficient (Wildman–Crippen LogP) is 2.39. The molecule has 6 nitrogen and oxygen atoms in total. The van der Waals surface area contributed by atoms with E-state index in [1.165, 1.54) is 6.07 Å². The number of carbonyl (C=O) groups is 1. The molecule has 1 aromatic carbocycles. The maximum Gasteiger partial charge on any atom is 0.227 e. The zero-order valence-corrected chi connectivity index (χ0v) is 14.7. The third-order valence-electron chi connectivity index (χ3n) is 3.19. The van der Waals surface area contributed by atoms with Crippen LogP contribution in [-0.2, 0) is 11.2 Å². The average Bonchev–Trinajstić information content (AvgIpc) is 2.94. The summed E-state index contributed by atoms with van der Waals surface area (Å²) >= 11 is 0. The van der Waals surface area contributed by atoms with Gasteiger partial charge >= 0.3 is 0 Å². The van der Waals surface area contributed by atoms with Crippen LogP contribution in [0.3, 0.4) is 0 Å². The summed E-state index contributed by atoms with van der Waals surface area (Å²) in [4.78, 5) is 16.0. The largest absolute Gasteiger partial charge is 0.354 e. The third-order valence-corrected chi connectivity index (χ3v) is 3.19. The second-order valence-corrected chi connectivity index (χ2v) is 6.24. The maximum atomic E-state index is 13.3. The summed E-state index contributed by atoms with van der Waals surface area (Å²) in [6.07, 6.45) is 0.574. The number of carbonyl (C=O) groups excluding carboxylic acids is 1. The van der Waals surface area contributed by atoms with Crippen LogP contribution in [0.25, 0.3) is 11.4 Å². The van der Waals surface area contributed by atoms with Crippen LogP contribution in [0.15, 0.2) is 22.7 Å². The molecule has 0 radical (unpaired) electrons. The summed E-state index contributed by atoms with van der Waals surface area (Å²) in [5.74, 6) is 0.341. The Bertz CT molecular complexity index is 698. The second kappa shape index (κ2) is 8.21. The fourth-order valence-electron chi connectivity index (χ4n) is 1.89. The quantitative estimate of drug-likeness (QED) is 0.828. The first kappa shape index (κ1) is 20.1. The van der Waals surface area contributed by atoms with Crippen LogP contribution >= 0.6 is 12.4 Å². The lowest BCUT2D eigenvalue weighted by Gasteiger charge is -2.18.